The molecule has 0 unspecified atom stereocenters. The number of benzene rings is 1. The van der Waals surface area contributed by atoms with E-state index >= 15 is 0 Å². The van der Waals surface area contributed by atoms with Crippen LogP contribution in [0.15, 0.2) is 17.5 Å². The lowest BCUT2D eigenvalue weighted by Crippen LogP contribution is -2.30. The van der Waals surface area contributed by atoms with Crippen LogP contribution in [0.1, 0.15) is 16.8 Å². The van der Waals surface area contributed by atoms with E-state index in [1.54, 1.807) is 0 Å². The van der Waals surface area contributed by atoms with Gasteiger partial charge in [-0.05, 0) is 31.0 Å². The van der Waals surface area contributed by atoms with Gasteiger partial charge in [-0.1, -0.05) is 0 Å². The zero-order chi connectivity index (χ0) is 16.2. The number of halogens is 1. The zero-order valence-electron chi connectivity index (χ0n) is 12.5. The fraction of sp³-hybridized carbons (Fsp3) is 0.333. The largest absolute Gasteiger partial charge is 0.467 e. The van der Waals surface area contributed by atoms with E-state index in [1.165, 1.54) is 23.5 Å². The van der Waals surface area contributed by atoms with Crippen LogP contribution in [0.3, 0.4) is 0 Å². The summed E-state index contributed by atoms with van der Waals surface area (Å²) in [6, 6.07) is 2.49. The first-order valence-electron chi connectivity index (χ1n) is 7.10. The topological polar surface area (TPSA) is 72.5 Å². The van der Waals surface area contributed by atoms with Crippen molar-refractivity contribution >= 4 is 22.5 Å². The monoisotopic (exact) mass is 337 g/mol. The Kier molecular flexibility index (Phi) is 4.73. The summed E-state index contributed by atoms with van der Waals surface area (Å²) in [5.41, 5.74) is 2.26. The molecule has 1 aromatic carbocycles. The van der Waals surface area contributed by atoms with Crippen LogP contribution in [0, 0.1) is 12.7 Å². The van der Waals surface area contributed by atoms with Gasteiger partial charge in [0, 0.05) is 17.5 Å². The molecule has 2 aromatic rings. The van der Waals surface area contributed by atoms with E-state index in [2.05, 4.69) is 15.6 Å². The van der Waals surface area contributed by atoms with Crippen molar-refractivity contribution in [2.75, 3.05) is 18.7 Å². The first-order valence-corrected chi connectivity index (χ1v) is 7.98. The fourth-order valence-electron chi connectivity index (χ4n) is 2.31. The number of hydrogen-bond acceptors (Lipinski definition) is 5. The Bertz CT molecular complexity index is 720. The number of thiazole rings is 1. The van der Waals surface area contributed by atoms with Gasteiger partial charge in [0.1, 0.15) is 11.6 Å². The third kappa shape index (κ3) is 3.96. The van der Waals surface area contributed by atoms with Crippen LogP contribution < -0.4 is 15.4 Å². The predicted molar refractivity (Wildman–Crippen MR) is 84.3 cm³/mol. The summed E-state index contributed by atoms with van der Waals surface area (Å²) in [4.78, 5) is 15.9. The number of anilines is 1. The Morgan fingerprint density at radius 2 is 2.35 bits per heavy atom. The lowest BCUT2D eigenvalue weighted by atomic mass is 10.1. The van der Waals surface area contributed by atoms with Crippen molar-refractivity contribution < 1.29 is 18.7 Å². The summed E-state index contributed by atoms with van der Waals surface area (Å²) in [5.74, 6) is 0.311. The van der Waals surface area contributed by atoms with Crippen molar-refractivity contribution in [2.45, 2.75) is 20.0 Å². The molecule has 1 aromatic heterocycles. The minimum absolute atomic E-state index is 0.156. The number of aryl methyl sites for hydroxylation is 1. The number of rotatable bonds is 4. The Morgan fingerprint density at radius 1 is 1.48 bits per heavy atom. The van der Waals surface area contributed by atoms with Gasteiger partial charge in [-0.25, -0.2) is 14.2 Å². The molecule has 1 aliphatic heterocycles. The number of urea groups is 1. The van der Waals surface area contributed by atoms with Gasteiger partial charge in [-0.3, -0.25) is 5.32 Å². The number of carbonyl (C=O) groups excluding carboxylic acids is 1. The van der Waals surface area contributed by atoms with Gasteiger partial charge in [-0.15, -0.1) is 11.3 Å². The maximum Gasteiger partial charge on any atom is 0.321 e. The van der Waals surface area contributed by atoms with Gasteiger partial charge < -0.3 is 14.8 Å². The van der Waals surface area contributed by atoms with Gasteiger partial charge in [-0.2, -0.15) is 0 Å². The van der Waals surface area contributed by atoms with Crippen molar-refractivity contribution in [1.29, 1.82) is 0 Å². The van der Waals surface area contributed by atoms with Gasteiger partial charge in [0.2, 0.25) is 0 Å². The molecule has 2 amide bonds. The van der Waals surface area contributed by atoms with E-state index in [0.717, 1.165) is 5.69 Å². The predicted octanol–water partition coefficient (Wildman–Crippen LogP) is 2.82. The molecule has 0 saturated carbocycles. The number of fused-ring (bicyclic) bond motifs is 1. The second kappa shape index (κ2) is 6.93. The molecule has 0 atom stereocenters. The van der Waals surface area contributed by atoms with Crippen LogP contribution in [-0.4, -0.2) is 24.4 Å². The second-order valence-corrected chi connectivity index (χ2v) is 5.95. The van der Waals surface area contributed by atoms with E-state index in [9.17, 15) is 9.18 Å². The Morgan fingerprint density at radius 3 is 3.13 bits per heavy atom. The van der Waals surface area contributed by atoms with Gasteiger partial charge >= 0.3 is 6.03 Å². The fourth-order valence-corrected chi connectivity index (χ4v) is 2.99. The Balaban J connectivity index is 1.56. The summed E-state index contributed by atoms with van der Waals surface area (Å²) >= 11 is 1.36. The maximum absolute atomic E-state index is 13.6. The average Bonchev–Trinajstić information content (AvgIpc) is 2.92. The van der Waals surface area contributed by atoms with E-state index < -0.39 is 0 Å². The number of hydrogen-bond donors (Lipinski definition) is 2. The molecule has 122 valence electrons. The number of aromatic nitrogens is 1. The summed E-state index contributed by atoms with van der Waals surface area (Å²) in [6.45, 7) is 2.70. The van der Waals surface area contributed by atoms with Crippen LogP contribution in [0.4, 0.5) is 14.3 Å². The van der Waals surface area contributed by atoms with Crippen molar-refractivity contribution in [2.24, 2.45) is 0 Å². The van der Waals surface area contributed by atoms with Gasteiger partial charge in [0.15, 0.2) is 11.9 Å². The molecule has 2 heterocycles. The molecular formula is C15H16FN3O3S. The molecule has 0 spiro atoms. The molecule has 1 aliphatic rings. The smallest absolute Gasteiger partial charge is 0.321 e. The third-order valence-corrected chi connectivity index (χ3v) is 4.15. The molecule has 0 aliphatic carbocycles. The lowest BCUT2D eigenvalue weighted by molar-refractivity contribution is -0.0172. The maximum atomic E-state index is 13.6. The number of nitrogens with zero attached hydrogens (tertiary/aromatic N) is 1. The molecule has 0 fully saturated rings. The SMILES string of the molecule is Cc1csc(NC(=O)NCCc2cc(F)cc3c2OCOC3)n1. The van der Waals surface area contributed by atoms with E-state index in [1.807, 2.05) is 12.3 Å². The summed E-state index contributed by atoms with van der Waals surface area (Å²) < 4.78 is 24.2. The standard InChI is InChI=1S/C15H16FN3O3S/c1-9-7-23-15(18-9)19-14(20)17-3-2-10-4-12(16)5-11-6-21-8-22-13(10)11/h4-5,7H,2-3,6,8H2,1H3,(H2,17,18,19,20). The summed E-state index contributed by atoms with van der Waals surface area (Å²) in [5, 5.41) is 7.78. The minimum Gasteiger partial charge on any atom is -0.467 e. The molecule has 8 heteroatoms. The molecule has 0 bridgehead atoms. The molecule has 0 radical (unpaired) electrons. The second-order valence-electron chi connectivity index (χ2n) is 5.09. The van der Waals surface area contributed by atoms with Crippen LogP contribution in [0.5, 0.6) is 5.75 Å². The highest BCUT2D eigenvalue weighted by Crippen LogP contribution is 2.29. The van der Waals surface area contributed by atoms with Crippen LogP contribution in [0.2, 0.25) is 0 Å². The van der Waals surface area contributed by atoms with Crippen LogP contribution in [-0.2, 0) is 17.8 Å². The van der Waals surface area contributed by atoms with Gasteiger partial charge in [0.05, 0.1) is 12.3 Å². The van der Waals surface area contributed by atoms with Crippen molar-refractivity contribution in [1.82, 2.24) is 10.3 Å². The number of nitrogens with one attached hydrogen (secondary N) is 2. The number of amides is 2. The van der Waals surface area contributed by atoms with Crippen molar-refractivity contribution in [3.8, 4) is 5.75 Å². The Labute approximate surface area is 136 Å². The zero-order valence-corrected chi connectivity index (χ0v) is 13.3. The molecule has 23 heavy (non-hydrogen) atoms. The summed E-state index contributed by atoms with van der Waals surface area (Å²) in [7, 11) is 0. The minimum atomic E-state index is -0.339. The molecule has 6 nitrogen and oxygen atoms in total. The number of carbonyl (C=O) groups is 1. The highest BCUT2D eigenvalue weighted by atomic mass is 32.1. The summed E-state index contributed by atoms with van der Waals surface area (Å²) in [6.07, 6.45) is 0.463. The van der Waals surface area contributed by atoms with E-state index in [0.29, 0.717) is 41.6 Å². The van der Waals surface area contributed by atoms with E-state index in [4.69, 9.17) is 9.47 Å². The van der Waals surface area contributed by atoms with Crippen molar-refractivity contribution in [3.63, 3.8) is 0 Å². The normalized spacial score (nSPS) is 13.1. The van der Waals surface area contributed by atoms with Crippen molar-refractivity contribution in [3.05, 3.63) is 40.2 Å². The highest BCUT2D eigenvalue weighted by molar-refractivity contribution is 7.13. The van der Waals surface area contributed by atoms with Crippen LogP contribution in [0.25, 0.3) is 0 Å². The average molecular weight is 337 g/mol. The number of ether oxygens (including phenoxy) is 2. The molecular weight excluding hydrogens is 321 g/mol. The molecule has 0 saturated heterocycles. The van der Waals surface area contributed by atoms with E-state index in [-0.39, 0.29) is 18.6 Å². The van der Waals surface area contributed by atoms with Crippen LogP contribution >= 0.6 is 11.3 Å². The third-order valence-electron chi connectivity index (χ3n) is 3.27. The van der Waals surface area contributed by atoms with Gasteiger partial charge in [0.25, 0.3) is 0 Å². The lowest BCUT2D eigenvalue weighted by Gasteiger charge is -2.20. The Hall–Kier alpha value is -2.19. The quantitative estimate of drug-likeness (QED) is 0.900. The first kappa shape index (κ1) is 15.7. The highest BCUT2D eigenvalue weighted by Gasteiger charge is 2.17. The first-order chi connectivity index (χ1) is 11.1. The molecule has 3 rings (SSSR count). The molecule has 2 N–H and O–H groups in total.